The Hall–Kier alpha value is -0.820. The van der Waals surface area contributed by atoms with Crippen molar-refractivity contribution < 1.29 is 0 Å². The van der Waals surface area contributed by atoms with Crippen LogP contribution in [0.1, 0.15) is 68.9 Å². The van der Waals surface area contributed by atoms with E-state index in [1.165, 1.54) is 50.5 Å². The molecule has 1 nitrogen and oxygen atoms in total. The Bertz CT molecular complexity index is 377. The third-order valence-electron chi connectivity index (χ3n) is 4.85. The van der Waals surface area contributed by atoms with Crippen molar-refractivity contribution in [2.45, 2.75) is 64.7 Å². The molecule has 1 fully saturated rings. The third kappa shape index (κ3) is 4.34. The number of nitrogens with one attached hydrogen (secondary N) is 1. The van der Waals surface area contributed by atoms with Crippen LogP contribution < -0.4 is 5.32 Å². The average Bonchev–Trinajstić information content (AvgIpc) is 2.74. The molecule has 1 saturated carbocycles. The molecule has 0 aromatic heterocycles. The van der Waals surface area contributed by atoms with Gasteiger partial charge >= 0.3 is 0 Å². The summed E-state index contributed by atoms with van der Waals surface area (Å²) in [6, 6.07) is 9.02. The molecule has 20 heavy (non-hydrogen) atoms. The summed E-state index contributed by atoms with van der Waals surface area (Å²) < 4.78 is 0. The van der Waals surface area contributed by atoms with E-state index in [2.05, 4.69) is 43.4 Å². The smallest absolute Gasteiger partial charge is 0.00229 e. The second-order valence-electron chi connectivity index (χ2n) is 6.42. The Balaban J connectivity index is 2.12. The van der Waals surface area contributed by atoms with Crippen molar-refractivity contribution in [1.82, 2.24) is 5.32 Å². The van der Waals surface area contributed by atoms with Crippen molar-refractivity contribution in [3.05, 3.63) is 35.4 Å². The zero-order valence-electron chi connectivity index (χ0n) is 13.3. The molecule has 0 radical (unpaired) electrons. The van der Waals surface area contributed by atoms with Crippen molar-refractivity contribution in [2.24, 2.45) is 5.92 Å². The summed E-state index contributed by atoms with van der Waals surface area (Å²) in [6.45, 7) is 6.83. The highest BCUT2D eigenvalue weighted by Crippen LogP contribution is 2.36. The summed E-state index contributed by atoms with van der Waals surface area (Å²) in [4.78, 5) is 0. The number of benzene rings is 1. The monoisotopic (exact) mass is 273 g/mol. The molecule has 1 aliphatic carbocycles. The van der Waals surface area contributed by atoms with Crippen LogP contribution >= 0.6 is 0 Å². The van der Waals surface area contributed by atoms with Gasteiger partial charge < -0.3 is 5.32 Å². The van der Waals surface area contributed by atoms with Crippen molar-refractivity contribution >= 4 is 0 Å². The molecule has 0 saturated heterocycles. The van der Waals surface area contributed by atoms with Gasteiger partial charge in [0, 0.05) is 6.54 Å². The maximum atomic E-state index is 3.68. The number of hydrogen-bond donors (Lipinski definition) is 1. The predicted molar refractivity (Wildman–Crippen MR) is 88.3 cm³/mol. The second-order valence-corrected chi connectivity index (χ2v) is 6.42. The minimum Gasteiger partial charge on any atom is -0.316 e. The van der Waals surface area contributed by atoms with Gasteiger partial charge in [0.25, 0.3) is 0 Å². The van der Waals surface area contributed by atoms with E-state index in [1.807, 2.05) is 0 Å². The zero-order chi connectivity index (χ0) is 14.2. The Morgan fingerprint density at radius 2 is 1.80 bits per heavy atom. The van der Waals surface area contributed by atoms with Gasteiger partial charge in [0.05, 0.1) is 0 Å². The number of hydrogen-bond acceptors (Lipinski definition) is 1. The van der Waals surface area contributed by atoms with Gasteiger partial charge in [0.15, 0.2) is 0 Å². The average molecular weight is 273 g/mol. The molecular formula is C19H31N. The van der Waals surface area contributed by atoms with E-state index in [9.17, 15) is 0 Å². The van der Waals surface area contributed by atoms with Crippen LogP contribution in [0.4, 0.5) is 0 Å². The number of rotatable bonds is 6. The highest BCUT2D eigenvalue weighted by molar-refractivity contribution is 5.30. The molecule has 1 aliphatic rings. The maximum absolute atomic E-state index is 3.68. The second kappa shape index (κ2) is 8.46. The number of aryl methyl sites for hydroxylation is 1. The van der Waals surface area contributed by atoms with Crippen LogP contribution in [0.3, 0.4) is 0 Å². The third-order valence-corrected chi connectivity index (χ3v) is 4.85. The maximum Gasteiger partial charge on any atom is 0.00229 e. The van der Waals surface area contributed by atoms with E-state index in [0.717, 1.165) is 19.0 Å². The standard InChI is InChI=1S/C19H31N/c1-3-14-20-15-19(17-11-6-4-5-7-12-17)18-13-9-8-10-16(18)2/h8-10,13,17,19-20H,3-7,11-12,14-15H2,1-2H3. The first kappa shape index (κ1) is 15.6. The fourth-order valence-corrected chi connectivity index (χ4v) is 3.68. The van der Waals surface area contributed by atoms with E-state index in [4.69, 9.17) is 0 Å². The summed E-state index contributed by atoms with van der Waals surface area (Å²) in [5.41, 5.74) is 3.06. The minimum absolute atomic E-state index is 0.709. The van der Waals surface area contributed by atoms with Crippen LogP contribution in [0.2, 0.25) is 0 Å². The molecule has 0 heterocycles. The van der Waals surface area contributed by atoms with Crippen molar-refractivity contribution in [2.75, 3.05) is 13.1 Å². The normalized spacial score (nSPS) is 18.7. The molecule has 0 aliphatic heterocycles. The summed E-state index contributed by atoms with van der Waals surface area (Å²) >= 11 is 0. The molecule has 112 valence electrons. The van der Waals surface area contributed by atoms with E-state index in [0.29, 0.717) is 5.92 Å². The fraction of sp³-hybridized carbons (Fsp3) is 0.684. The van der Waals surface area contributed by atoms with Gasteiger partial charge in [-0.3, -0.25) is 0 Å². The highest BCUT2D eigenvalue weighted by atomic mass is 14.9. The van der Waals surface area contributed by atoms with E-state index in [-0.39, 0.29) is 0 Å². The van der Waals surface area contributed by atoms with Gasteiger partial charge in [-0.2, -0.15) is 0 Å². The van der Waals surface area contributed by atoms with Gasteiger partial charge in [0.1, 0.15) is 0 Å². The largest absolute Gasteiger partial charge is 0.316 e. The van der Waals surface area contributed by atoms with Crippen LogP contribution in [-0.4, -0.2) is 13.1 Å². The molecular weight excluding hydrogens is 242 g/mol. The fourth-order valence-electron chi connectivity index (χ4n) is 3.68. The SMILES string of the molecule is CCCNCC(c1ccccc1C)C1CCCCCC1. The summed E-state index contributed by atoms with van der Waals surface area (Å²) in [6.07, 6.45) is 9.82. The molecule has 1 N–H and O–H groups in total. The molecule has 0 bridgehead atoms. The van der Waals surface area contributed by atoms with Gasteiger partial charge in [-0.25, -0.2) is 0 Å². The molecule has 0 spiro atoms. The van der Waals surface area contributed by atoms with Crippen LogP contribution in [0.5, 0.6) is 0 Å². The molecule has 1 aromatic rings. The Labute approximate surface area is 125 Å². The van der Waals surface area contributed by atoms with Crippen LogP contribution in [0, 0.1) is 12.8 Å². The first-order valence-corrected chi connectivity index (χ1v) is 8.59. The van der Waals surface area contributed by atoms with E-state index >= 15 is 0 Å². The molecule has 0 amide bonds. The summed E-state index contributed by atoms with van der Waals surface area (Å²) in [7, 11) is 0. The van der Waals surface area contributed by atoms with Gasteiger partial charge in [-0.05, 0) is 55.7 Å². The Kier molecular flexibility index (Phi) is 6.59. The lowest BCUT2D eigenvalue weighted by molar-refractivity contribution is 0.360. The predicted octanol–water partition coefficient (Wildman–Crippen LogP) is 5.05. The first-order chi connectivity index (χ1) is 9.83. The van der Waals surface area contributed by atoms with E-state index < -0.39 is 0 Å². The quantitative estimate of drug-likeness (QED) is 0.565. The Morgan fingerprint density at radius 3 is 2.45 bits per heavy atom. The molecule has 2 rings (SSSR count). The molecule has 1 unspecified atom stereocenters. The van der Waals surface area contributed by atoms with E-state index in [1.54, 1.807) is 5.56 Å². The van der Waals surface area contributed by atoms with Crippen molar-refractivity contribution in [1.29, 1.82) is 0 Å². The topological polar surface area (TPSA) is 12.0 Å². The lowest BCUT2D eigenvalue weighted by Crippen LogP contribution is -2.27. The molecule has 1 heteroatoms. The molecule has 1 atom stereocenters. The lowest BCUT2D eigenvalue weighted by atomic mass is 9.79. The van der Waals surface area contributed by atoms with Gasteiger partial charge in [-0.15, -0.1) is 0 Å². The summed E-state index contributed by atoms with van der Waals surface area (Å²) in [5, 5.41) is 3.68. The highest BCUT2D eigenvalue weighted by Gasteiger charge is 2.24. The lowest BCUT2D eigenvalue weighted by Gasteiger charge is -2.28. The van der Waals surface area contributed by atoms with Crippen molar-refractivity contribution in [3.63, 3.8) is 0 Å². The van der Waals surface area contributed by atoms with Gasteiger partial charge in [0.2, 0.25) is 0 Å². The first-order valence-electron chi connectivity index (χ1n) is 8.59. The van der Waals surface area contributed by atoms with Crippen LogP contribution in [-0.2, 0) is 0 Å². The summed E-state index contributed by atoms with van der Waals surface area (Å²) in [5.74, 6) is 1.59. The van der Waals surface area contributed by atoms with Crippen LogP contribution in [0.25, 0.3) is 0 Å². The van der Waals surface area contributed by atoms with Gasteiger partial charge in [-0.1, -0.05) is 56.9 Å². The van der Waals surface area contributed by atoms with Crippen molar-refractivity contribution in [3.8, 4) is 0 Å². The zero-order valence-corrected chi connectivity index (χ0v) is 13.3. The molecule has 1 aromatic carbocycles. The minimum atomic E-state index is 0.709. The Morgan fingerprint density at radius 1 is 1.10 bits per heavy atom. The van der Waals surface area contributed by atoms with Crippen LogP contribution in [0.15, 0.2) is 24.3 Å².